The van der Waals surface area contributed by atoms with E-state index in [4.69, 9.17) is 17.7 Å². The second kappa shape index (κ2) is 3.99. The van der Waals surface area contributed by atoms with E-state index in [0.29, 0.717) is 6.42 Å². The van der Waals surface area contributed by atoms with Gasteiger partial charge in [0, 0.05) is 19.0 Å². The number of hydrogen-bond donors (Lipinski definition) is 2. The van der Waals surface area contributed by atoms with Crippen LogP contribution >= 0.6 is 0 Å². The van der Waals surface area contributed by atoms with Crippen LogP contribution in [-0.2, 0) is 4.74 Å². The standard InChI is InChI=1S/C9H17BO3/c1-6-7(2)9(5-12,3-4-11)13-8(6)10/h6-8,11-12H,3-5H2,1-2H3/t6?,7-,8-,9-/m1/s1. The van der Waals surface area contributed by atoms with Gasteiger partial charge in [-0.3, -0.25) is 0 Å². The van der Waals surface area contributed by atoms with E-state index in [0.717, 1.165) is 0 Å². The molecule has 1 rings (SSSR count). The van der Waals surface area contributed by atoms with Crippen LogP contribution in [0.2, 0.25) is 0 Å². The summed E-state index contributed by atoms with van der Waals surface area (Å²) < 4.78 is 5.53. The molecule has 0 aromatic heterocycles. The average molecular weight is 184 g/mol. The van der Waals surface area contributed by atoms with Crippen molar-refractivity contribution in [1.82, 2.24) is 0 Å². The fourth-order valence-electron chi connectivity index (χ4n) is 1.99. The molecule has 0 aromatic rings. The molecule has 0 aromatic carbocycles. The molecule has 1 saturated heterocycles. The first-order chi connectivity index (χ1) is 6.07. The summed E-state index contributed by atoms with van der Waals surface area (Å²) in [4.78, 5) is 0. The maximum atomic E-state index is 9.26. The Morgan fingerprint density at radius 2 is 2.00 bits per heavy atom. The molecule has 1 aliphatic rings. The van der Waals surface area contributed by atoms with E-state index in [-0.39, 0.29) is 31.1 Å². The molecule has 0 saturated carbocycles. The van der Waals surface area contributed by atoms with Crippen molar-refractivity contribution in [3.05, 3.63) is 0 Å². The van der Waals surface area contributed by atoms with E-state index >= 15 is 0 Å². The van der Waals surface area contributed by atoms with Gasteiger partial charge in [0.15, 0.2) is 0 Å². The van der Waals surface area contributed by atoms with Gasteiger partial charge in [0.05, 0.1) is 12.2 Å². The second-order valence-electron chi connectivity index (χ2n) is 3.93. The molecule has 13 heavy (non-hydrogen) atoms. The van der Waals surface area contributed by atoms with Crippen molar-refractivity contribution in [1.29, 1.82) is 0 Å². The van der Waals surface area contributed by atoms with Crippen molar-refractivity contribution in [3.8, 4) is 0 Å². The third kappa shape index (κ3) is 1.76. The smallest absolute Gasteiger partial charge is 0.109 e. The number of aliphatic hydroxyl groups excluding tert-OH is 2. The SMILES string of the molecule is [B][C@@H]1O[C@@](CO)(CCO)[C@H](C)C1C. The van der Waals surface area contributed by atoms with Crippen LogP contribution in [0.5, 0.6) is 0 Å². The predicted octanol–water partition coefficient (Wildman–Crippen LogP) is -0.103. The highest BCUT2D eigenvalue weighted by molar-refractivity contribution is 6.11. The molecule has 1 heterocycles. The first-order valence-electron chi connectivity index (χ1n) is 4.72. The van der Waals surface area contributed by atoms with E-state index in [1.54, 1.807) is 0 Å². The van der Waals surface area contributed by atoms with Crippen molar-refractivity contribution in [2.45, 2.75) is 31.9 Å². The molecular weight excluding hydrogens is 167 g/mol. The molecule has 1 fully saturated rings. The van der Waals surface area contributed by atoms with Crippen LogP contribution in [0, 0.1) is 11.8 Å². The highest BCUT2D eigenvalue weighted by Crippen LogP contribution is 2.41. The van der Waals surface area contributed by atoms with Crippen LogP contribution in [-0.4, -0.2) is 42.9 Å². The van der Waals surface area contributed by atoms with Gasteiger partial charge in [-0.2, -0.15) is 0 Å². The Kier molecular flexibility index (Phi) is 3.38. The van der Waals surface area contributed by atoms with Crippen molar-refractivity contribution < 1.29 is 14.9 Å². The van der Waals surface area contributed by atoms with E-state index in [1.807, 2.05) is 13.8 Å². The van der Waals surface area contributed by atoms with E-state index < -0.39 is 5.60 Å². The monoisotopic (exact) mass is 184 g/mol. The molecule has 0 bridgehead atoms. The zero-order valence-corrected chi connectivity index (χ0v) is 8.23. The molecule has 2 N–H and O–H groups in total. The molecule has 0 spiro atoms. The van der Waals surface area contributed by atoms with Crippen molar-refractivity contribution in [3.63, 3.8) is 0 Å². The lowest BCUT2D eigenvalue weighted by Crippen LogP contribution is -2.40. The molecule has 1 aliphatic heterocycles. The minimum atomic E-state index is -0.631. The number of ether oxygens (including phenoxy) is 1. The number of rotatable bonds is 3. The maximum absolute atomic E-state index is 9.26. The third-order valence-electron chi connectivity index (χ3n) is 3.31. The van der Waals surface area contributed by atoms with Gasteiger partial charge in [-0.1, -0.05) is 13.8 Å². The summed E-state index contributed by atoms with van der Waals surface area (Å²) in [7, 11) is 5.74. The fraction of sp³-hybridized carbons (Fsp3) is 1.00. The summed E-state index contributed by atoms with van der Waals surface area (Å²) in [6.45, 7) is 3.95. The Balaban J connectivity index is 2.76. The van der Waals surface area contributed by atoms with Gasteiger partial charge in [-0.15, -0.1) is 0 Å². The molecule has 1 unspecified atom stereocenters. The minimum Gasteiger partial charge on any atom is -0.396 e. The Hall–Kier alpha value is -0.0551. The zero-order chi connectivity index (χ0) is 10.1. The summed E-state index contributed by atoms with van der Waals surface area (Å²) >= 11 is 0. The summed E-state index contributed by atoms with van der Waals surface area (Å²) in [5.74, 6) is 0.401. The van der Waals surface area contributed by atoms with Crippen LogP contribution in [0.1, 0.15) is 20.3 Å². The quantitative estimate of drug-likeness (QED) is 0.602. The predicted molar refractivity (Wildman–Crippen MR) is 50.5 cm³/mol. The summed E-state index contributed by atoms with van der Waals surface area (Å²) in [5.41, 5.74) is -0.631. The van der Waals surface area contributed by atoms with Gasteiger partial charge in [-0.05, 0) is 11.8 Å². The molecule has 4 atom stereocenters. The van der Waals surface area contributed by atoms with E-state index in [9.17, 15) is 5.11 Å². The molecule has 74 valence electrons. The Morgan fingerprint density at radius 1 is 1.38 bits per heavy atom. The molecule has 4 heteroatoms. The first-order valence-corrected chi connectivity index (χ1v) is 4.72. The lowest BCUT2D eigenvalue weighted by atomic mass is 9.76. The lowest BCUT2D eigenvalue weighted by Gasteiger charge is -2.31. The topological polar surface area (TPSA) is 49.7 Å². The van der Waals surface area contributed by atoms with Gasteiger partial charge >= 0.3 is 0 Å². The van der Waals surface area contributed by atoms with Gasteiger partial charge in [0.1, 0.15) is 7.85 Å². The Bertz CT molecular complexity index is 176. The fourth-order valence-corrected chi connectivity index (χ4v) is 1.99. The molecule has 3 nitrogen and oxygen atoms in total. The van der Waals surface area contributed by atoms with Gasteiger partial charge < -0.3 is 14.9 Å². The molecule has 2 radical (unpaired) electrons. The molecule has 0 aliphatic carbocycles. The van der Waals surface area contributed by atoms with Crippen LogP contribution in [0.15, 0.2) is 0 Å². The van der Waals surface area contributed by atoms with Gasteiger partial charge in [0.25, 0.3) is 0 Å². The van der Waals surface area contributed by atoms with Gasteiger partial charge in [0.2, 0.25) is 0 Å². The molecular formula is C9H17BO3. The third-order valence-corrected chi connectivity index (χ3v) is 3.31. The summed E-state index contributed by atoms with van der Waals surface area (Å²) in [5, 5.41) is 18.1. The average Bonchev–Trinajstić information content (AvgIpc) is 2.32. The zero-order valence-electron chi connectivity index (χ0n) is 8.23. The van der Waals surface area contributed by atoms with Crippen molar-refractivity contribution in [2.75, 3.05) is 13.2 Å². The van der Waals surface area contributed by atoms with Crippen LogP contribution in [0.25, 0.3) is 0 Å². The Labute approximate surface area is 80.5 Å². The highest BCUT2D eigenvalue weighted by atomic mass is 16.5. The lowest BCUT2D eigenvalue weighted by molar-refractivity contribution is -0.0812. The number of aliphatic hydroxyl groups is 2. The van der Waals surface area contributed by atoms with Gasteiger partial charge in [-0.25, -0.2) is 0 Å². The van der Waals surface area contributed by atoms with Crippen LogP contribution in [0.3, 0.4) is 0 Å². The van der Waals surface area contributed by atoms with E-state index in [2.05, 4.69) is 0 Å². The first kappa shape index (κ1) is 11.0. The minimum absolute atomic E-state index is 0.0182. The maximum Gasteiger partial charge on any atom is 0.109 e. The van der Waals surface area contributed by atoms with Crippen molar-refractivity contribution in [2.24, 2.45) is 11.8 Å². The van der Waals surface area contributed by atoms with E-state index in [1.165, 1.54) is 0 Å². The highest BCUT2D eigenvalue weighted by Gasteiger charge is 2.47. The summed E-state index contributed by atoms with van der Waals surface area (Å²) in [6.07, 6.45) is 0.447. The molecule has 0 amide bonds. The number of hydrogen-bond acceptors (Lipinski definition) is 3. The van der Waals surface area contributed by atoms with Crippen molar-refractivity contribution >= 4 is 7.85 Å². The largest absolute Gasteiger partial charge is 0.396 e. The summed E-state index contributed by atoms with van der Waals surface area (Å²) in [6, 6.07) is -0.325. The Morgan fingerprint density at radius 3 is 2.31 bits per heavy atom. The normalized spacial score (nSPS) is 45.4. The van der Waals surface area contributed by atoms with Crippen LogP contribution < -0.4 is 0 Å². The van der Waals surface area contributed by atoms with Crippen LogP contribution in [0.4, 0.5) is 0 Å². The second-order valence-corrected chi connectivity index (χ2v) is 3.93.